The lowest BCUT2D eigenvalue weighted by Crippen LogP contribution is -2.55. The number of nitrogens with one attached hydrogen (secondary N) is 3. The number of hydrogen-bond acceptors (Lipinski definition) is 4. The van der Waals surface area contributed by atoms with Crippen LogP contribution < -0.4 is 16.0 Å². The van der Waals surface area contributed by atoms with E-state index < -0.39 is 0 Å². The zero-order valence-electron chi connectivity index (χ0n) is 18.6. The summed E-state index contributed by atoms with van der Waals surface area (Å²) < 4.78 is 0. The van der Waals surface area contributed by atoms with E-state index in [4.69, 9.17) is 11.6 Å². The van der Waals surface area contributed by atoms with Gasteiger partial charge in [0.2, 0.25) is 0 Å². The minimum atomic E-state index is 0.491. The van der Waals surface area contributed by atoms with Crippen molar-refractivity contribution in [3.8, 4) is 0 Å². The van der Waals surface area contributed by atoms with Gasteiger partial charge < -0.3 is 15.5 Å². The van der Waals surface area contributed by atoms with Gasteiger partial charge in [-0.05, 0) is 81.3 Å². The first-order valence-corrected chi connectivity index (χ1v) is 12.1. The Hall–Kier alpha value is -0.650. The number of likely N-dealkylation sites (tertiary alicyclic amines) is 1. The van der Waals surface area contributed by atoms with Crippen molar-refractivity contribution in [3.63, 3.8) is 0 Å². The van der Waals surface area contributed by atoms with E-state index in [2.05, 4.69) is 53.8 Å². The molecular weight excluding hydrogens is 380 g/mol. The molecule has 0 amide bonds. The summed E-state index contributed by atoms with van der Waals surface area (Å²) in [5, 5.41) is 12.1. The molecule has 3 N–H and O–H groups in total. The molecule has 0 radical (unpaired) electrons. The molecule has 5 heteroatoms. The standard InChI is InChI=1S/C24H41ClN4/c1-4-26-24-7-5-6-22(28-24)16-27-23(18(2)3)17-29-14-12-20(13-15-29)19-8-10-21(25)11-9-19/h8-11,18,20,22-24,26-28H,4-7,12-17H2,1-3H3/t22?,23-,24?/m0/s1. The van der Waals surface area contributed by atoms with Gasteiger partial charge in [0.05, 0.1) is 6.17 Å². The molecule has 29 heavy (non-hydrogen) atoms. The monoisotopic (exact) mass is 420 g/mol. The van der Waals surface area contributed by atoms with E-state index >= 15 is 0 Å². The second-order valence-corrected chi connectivity index (χ2v) is 9.73. The molecule has 0 bridgehead atoms. The minimum Gasteiger partial charge on any atom is -0.311 e. The molecular formula is C24H41ClN4. The summed E-state index contributed by atoms with van der Waals surface area (Å²) in [6, 6.07) is 9.62. The molecule has 4 nitrogen and oxygen atoms in total. The summed E-state index contributed by atoms with van der Waals surface area (Å²) in [6.07, 6.45) is 6.85. The lowest BCUT2D eigenvalue weighted by atomic mass is 9.89. The number of rotatable bonds is 9. The second kappa shape index (κ2) is 11.7. The van der Waals surface area contributed by atoms with Gasteiger partial charge in [0.15, 0.2) is 0 Å². The third-order valence-corrected chi connectivity index (χ3v) is 7.00. The summed E-state index contributed by atoms with van der Waals surface area (Å²) >= 11 is 6.05. The topological polar surface area (TPSA) is 39.3 Å². The molecule has 3 atom stereocenters. The largest absolute Gasteiger partial charge is 0.311 e. The Balaban J connectivity index is 1.43. The van der Waals surface area contributed by atoms with Crippen LogP contribution in [-0.2, 0) is 0 Å². The maximum atomic E-state index is 6.05. The number of hydrogen-bond donors (Lipinski definition) is 3. The van der Waals surface area contributed by atoms with Crippen LogP contribution in [0.15, 0.2) is 24.3 Å². The summed E-state index contributed by atoms with van der Waals surface area (Å²) in [5.74, 6) is 1.33. The molecule has 2 saturated heterocycles. The number of halogens is 1. The molecule has 2 heterocycles. The first kappa shape index (κ1) is 23.0. The van der Waals surface area contributed by atoms with Crippen molar-refractivity contribution in [2.75, 3.05) is 32.7 Å². The van der Waals surface area contributed by atoms with Gasteiger partial charge in [-0.3, -0.25) is 5.32 Å². The predicted molar refractivity (Wildman–Crippen MR) is 125 cm³/mol. The SMILES string of the molecule is CCNC1CCCC(CN[C@@H](CN2CCC(c3ccc(Cl)cc3)CC2)C(C)C)N1. The van der Waals surface area contributed by atoms with Crippen molar-refractivity contribution in [2.45, 2.75) is 77.0 Å². The summed E-state index contributed by atoms with van der Waals surface area (Å²) in [6.45, 7) is 12.6. The molecule has 1 aromatic carbocycles. The maximum absolute atomic E-state index is 6.05. The molecule has 0 saturated carbocycles. The van der Waals surface area contributed by atoms with Crippen molar-refractivity contribution in [2.24, 2.45) is 5.92 Å². The van der Waals surface area contributed by atoms with E-state index in [1.807, 2.05) is 12.1 Å². The predicted octanol–water partition coefficient (Wildman–Crippen LogP) is 4.21. The van der Waals surface area contributed by atoms with Gasteiger partial charge in [0, 0.05) is 30.2 Å². The zero-order chi connectivity index (χ0) is 20.6. The number of nitrogens with zero attached hydrogens (tertiary/aromatic N) is 1. The Morgan fingerprint density at radius 3 is 2.48 bits per heavy atom. The Morgan fingerprint density at radius 2 is 1.83 bits per heavy atom. The van der Waals surface area contributed by atoms with Crippen molar-refractivity contribution in [3.05, 3.63) is 34.9 Å². The van der Waals surface area contributed by atoms with Gasteiger partial charge in [0.1, 0.15) is 0 Å². The highest BCUT2D eigenvalue weighted by molar-refractivity contribution is 6.30. The van der Waals surface area contributed by atoms with E-state index in [0.29, 0.717) is 30.1 Å². The van der Waals surface area contributed by atoms with Crippen LogP contribution in [-0.4, -0.2) is 55.9 Å². The molecule has 2 aliphatic heterocycles. The van der Waals surface area contributed by atoms with Gasteiger partial charge in [-0.1, -0.05) is 44.5 Å². The number of piperidine rings is 2. The smallest absolute Gasteiger partial charge is 0.0574 e. The normalized spacial score (nSPS) is 25.4. The molecule has 0 spiro atoms. The first-order valence-electron chi connectivity index (χ1n) is 11.8. The highest BCUT2D eigenvalue weighted by Crippen LogP contribution is 2.29. The van der Waals surface area contributed by atoms with Crippen LogP contribution in [0.1, 0.15) is 64.4 Å². The molecule has 3 rings (SSSR count). The highest BCUT2D eigenvalue weighted by Gasteiger charge is 2.25. The molecule has 0 aromatic heterocycles. The molecule has 2 fully saturated rings. The van der Waals surface area contributed by atoms with Crippen LogP contribution in [0.3, 0.4) is 0 Å². The summed E-state index contributed by atoms with van der Waals surface area (Å²) in [4.78, 5) is 2.67. The van der Waals surface area contributed by atoms with Crippen molar-refractivity contribution >= 4 is 11.6 Å². The fraction of sp³-hybridized carbons (Fsp3) is 0.750. The van der Waals surface area contributed by atoms with E-state index in [0.717, 1.165) is 24.7 Å². The fourth-order valence-electron chi connectivity index (χ4n) is 4.85. The van der Waals surface area contributed by atoms with Gasteiger partial charge in [-0.25, -0.2) is 0 Å². The van der Waals surface area contributed by atoms with Crippen LogP contribution in [0.4, 0.5) is 0 Å². The zero-order valence-corrected chi connectivity index (χ0v) is 19.3. The number of benzene rings is 1. The lowest BCUT2D eigenvalue weighted by molar-refractivity contribution is 0.171. The average Bonchev–Trinajstić information content (AvgIpc) is 2.72. The van der Waals surface area contributed by atoms with E-state index in [9.17, 15) is 0 Å². The van der Waals surface area contributed by atoms with Gasteiger partial charge in [-0.2, -0.15) is 0 Å². The lowest BCUT2D eigenvalue weighted by Gasteiger charge is -2.37. The second-order valence-electron chi connectivity index (χ2n) is 9.29. The Kier molecular flexibility index (Phi) is 9.26. The van der Waals surface area contributed by atoms with Crippen molar-refractivity contribution in [1.82, 2.24) is 20.9 Å². The molecule has 0 aliphatic carbocycles. The van der Waals surface area contributed by atoms with Crippen LogP contribution in [0.25, 0.3) is 0 Å². The van der Waals surface area contributed by atoms with E-state index in [-0.39, 0.29) is 0 Å². The maximum Gasteiger partial charge on any atom is 0.0574 e. The quantitative estimate of drug-likeness (QED) is 0.559. The first-order chi connectivity index (χ1) is 14.0. The Morgan fingerprint density at radius 1 is 1.10 bits per heavy atom. The van der Waals surface area contributed by atoms with Crippen LogP contribution in [0.5, 0.6) is 0 Å². The molecule has 1 aromatic rings. The van der Waals surface area contributed by atoms with E-state index in [1.54, 1.807) is 0 Å². The molecule has 2 aliphatic rings. The van der Waals surface area contributed by atoms with Gasteiger partial charge in [-0.15, -0.1) is 0 Å². The minimum absolute atomic E-state index is 0.491. The van der Waals surface area contributed by atoms with Gasteiger partial charge >= 0.3 is 0 Å². The molecule has 2 unspecified atom stereocenters. The third-order valence-electron chi connectivity index (χ3n) is 6.75. The summed E-state index contributed by atoms with van der Waals surface area (Å²) in [5.41, 5.74) is 1.45. The van der Waals surface area contributed by atoms with Crippen LogP contribution in [0.2, 0.25) is 5.02 Å². The van der Waals surface area contributed by atoms with Crippen LogP contribution in [0, 0.1) is 5.92 Å². The third kappa shape index (κ3) is 7.22. The van der Waals surface area contributed by atoms with Gasteiger partial charge in [0.25, 0.3) is 0 Å². The van der Waals surface area contributed by atoms with Crippen molar-refractivity contribution in [1.29, 1.82) is 0 Å². The Labute approximate surface area is 183 Å². The Bertz CT molecular complexity index is 581. The van der Waals surface area contributed by atoms with Crippen LogP contribution >= 0.6 is 11.6 Å². The summed E-state index contributed by atoms with van der Waals surface area (Å²) in [7, 11) is 0. The van der Waals surface area contributed by atoms with E-state index in [1.165, 1.54) is 50.8 Å². The average molecular weight is 421 g/mol. The highest BCUT2D eigenvalue weighted by atomic mass is 35.5. The van der Waals surface area contributed by atoms with Crippen molar-refractivity contribution < 1.29 is 0 Å². The fourth-order valence-corrected chi connectivity index (χ4v) is 4.98. The molecule has 164 valence electrons.